The quantitative estimate of drug-likeness (QED) is 0.589. The van der Waals surface area contributed by atoms with Gasteiger partial charge in [-0.1, -0.05) is 45.3 Å². The summed E-state index contributed by atoms with van der Waals surface area (Å²) in [5.74, 6) is 2.28. The summed E-state index contributed by atoms with van der Waals surface area (Å²) >= 11 is 0. The maximum atomic E-state index is 10.6. The fraction of sp³-hybridized carbons (Fsp3) is 0.680. The Balaban J connectivity index is 1.63. The summed E-state index contributed by atoms with van der Waals surface area (Å²) in [5, 5.41) is 20.8. The first-order valence-electron chi connectivity index (χ1n) is 11.2. The minimum atomic E-state index is -0.119. The van der Waals surface area contributed by atoms with Gasteiger partial charge in [-0.05, 0) is 96.9 Å². The zero-order valence-corrected chi connectivity index (χ0v) is 17.1. The lowest BCUT2D eigenvalue weighted by Gasteiger charge is -2.50. The number of unbranched alkanes of at least 4 members (excludes halogenated alkanes) is 4. The van der Waals surface area contributed by atoms with Gasteiger partial charge in [-0.15, -0.1) is 0 Å². The van der Waals surface area contributed by atoms with Crippen LogP contribution in [0.1, 0.15) is 95.1 Å². The molecular formula is C25H36O2. The van der Waals surface area contributed by atoms with Crippen molar-refractivity contribution in [3.63, 3.8) is 0 Å². The van der Waals surface area contributed by atoms with E-state index in [0.29, 0.717) is 23.5 Å². The van der Waals surface area contributed by atoms with E-state index in [2.05, 4.69) is 26.0 Å². The molecule has 0 saturated heterocycles. The molecule has 0 bridgehead atoms. The topological polar surface area (TPSA) is 40.5 Å². The summed E-state index contributed by atoms with van der Waals surface area (Å²) in [6, 6.07) is 6.05. The number of hydrogen-bond acceptors (Lipinski definition) is 2. The van der Waals surface area contributed by atoms with Crippen molar-refractivity contribution in [1.82, 2.24) is 0 Å². The molecule has 1 aromatic rings. The van der Waals surface area contributed by atoms with Gasteiger partial charge in [0.1, 0.15) is 5.75 Å². The molecule has 0 aliphatic heterocycles. The van der Waals surface area contributed by atoms with Crippen molar-refractivity contribution in [2.75, 3.05) is 0 Å². The zero-order valence-electron chi connectivity index (χ0n) is 17.1. The Labute approximate surface area is 164 Å². The molecule has 2 N–H and O–H groups in total. The van der Waals surface area contributed by atoms with Crippen molar-refractivity contribution in [2.45, 2.75) is 90.1 Å². The van der Waals surface area contributed by atoms with Gasteiger partial charge in [0.05, 0.1) is 6.10 Å². The molecule has 0 unspecified atom stereocenters. The van der Waals surface area contributed by atoms with Gasteiger partial charge in [0.2, 0.25) is 0 Å². The molecule has 27 heavy (non-hydrogen) atoms. The first-order chi connectivity index (χ1) is 13.0. The Morgan fingerprint density at radius 2 is 2.00 bits per heavy atom. The largest absolute Gasteiger partial charge is 0.508 e. The van der Waals surface area contributed by atoms with Gasteiger partial charge in [-0.2, -0.15) is 0 Å². The van der Waals surface area contributed by atoms with Crippen LogP contribution in [0.5, 0.6) is 5.75 Å². The SMILES string of the molecule is CCCCCC/C=C1\C[C@@H]2[C@H](CC[C@]3(C)[C@@H](O)CC[C@@H]23)c2ccc(O)cc21. The third-order valence-electron chi connectivity index (χ3n) is 8.07. The summed E-state index contributed by atoms with van der Waals surface area (Å²) in [6.45, 7) is 4.60. The molecule has 1 aromatic carbocycles. The van der Waals surface area contributed by atoms with Gasteiger partial charge >= 0.3 is 0 Å². The van der Waals surface area contributed by atoms with E-state index in [1.54, 1.807) is 0 Å². The minimum Gasteiger partial charge on any atom is -0.508 e. The van der Waals surface area contributed by atoms with E-state index in [-0.39, 0.29) is 11.5 Å². The molecular weight excluding hydrogens is 332 g/mol. The van der Waals surface area contributed by atoms with Crippen LogP contribution in [0.2, 0.25) is 0 Å². The van der Waals surface area contributed by atoms with Crippen molar-refractivity contribution >= 4 is 5.57 Å². The van der Waals surface area contributed by atoms with Crippen molar-refractivity contribution in [3.05, 3.63) is 35.4 Å². The molecule has 2 heteroatoms. The highest BCUT2D eigenvalue weighted by atomic mass is 16.3. The number of benzene rings is 1. The van der Waals surface area contributed by atoms with E-state index in [1.165, 1.54) is 55.2 Å². The summed E-state index contributed by atoms with van der Waals surface area (Å²) in [5.41, 5.74) is 4.31. The third-order valence-corrected chi connectivity index (χ3v) is 8.07. The third kappa shape index (κ3) is 3.35. The molecule has 0 spiro atoms. The molecule has 2 nitrogen and oxygen atoms in total. The second-order valence-electron chi connectivity index (χ2n) is 9.57. The summed E-state index contributed by atoms with van der Waals surface area (Å²) in [7, 11) is 0. The highest BCUT2D eigenvalue weighted by Gasteiger charge is 2.54. The Kier molecular flexibility index (Phi) is 5.38. The van der Waals surface area contributed by atoms with E-state index < -0.39 is 0 Å². The number of hydrogen-bond donors (Lipinski definition) is 2. The van der Waals surface area contributed by atoms with Crippen LogP contribution in [-0.4, -0.2) is 16.3 Å². The number of aliphatic hydroxyl groups is 1. The van der Waals surface area contributed by atoms with E-state index in [0.717, 1.165) is 25.7 Å². The van der Waals surface area contributed by atoms with Crippen LogP contribution in [0.3, 0.4) is 0 Å². The lowest BCUT2D eigenvalue weighted by atomic mass is 9.54. The van der Waals surface area contributed by atoms with Crippen LogP contribution in [0, 0.1) is 17.3 Å². The highest BCUT2D eigenvalue weighted by Crippen LogP contribution is 2.62. The van der Waals surface area contributed by atoms with Crippen molar-refractivity contribution < 1.29 is 10.2 Å². The first kappa shape index (κ1) is 19.1. The summed E-state index contributed by atoms with van der Waals surface area (Å²) in [6.07, 6.45) is 14.3. The number of phenolic OH excluding ortho intramolecular Hbond substituents is 1. The molecule has 0 aromatic heterocycles. The first-order valence-corrected chi connectivity index (χ1v) is 11.2. The Bertz CT molecular complexity index is 706. The van der Waals surface area contributed by atoms with E-state index in [4.69, 9.17) is 0 Å². The van der Waals surface area contributed by atoms with Crippen LogP contribution in [-0.2, 0) is 0 Å². The van der Waals surface area contributed by atoms with Crippen LogP contribution >= 0.6 is 0 Å². The monoisotopic (exact) mass is 368 g/mol. The highest BCUT2D eigenvalue weighted by molar-refractivity contribution is 5.72. The van der Waals surface area contributed by atoms with E-state index in [9.17, 15) is 10.2 Å². The predicted molar refractivity (Wildman–Crippen MR) is 112 cm³/mol. The number of allylic oxidation sites excluding steroid dienone is 2. The smallest absolute Gasteiger partial charge is 0.116 e. The summed E-state index contributed by atoms with van der Waals surface area (Å²) < 4.78 is 0. The lowest BCUT2D eigenvalue weighted by molar-refractivity contribution is -0.0183. The molecule has 0 radical (unpaired) electrons. The molecule has 0 amide bonds. The molecule has 4 rings (SSSR count). The fourth-order valence-electron chi connectivity index (χ4n) is 6.48. The van der Waals surface area contributed by atoms with Gasteiger partial charge < -0.3 is 10.2 Å². The maximum absolute atomic E-state index is 10.6. The van der Waals surface area contributed by atoms with E-state index >= 15 is 0 Å². The van der Waals surface area contributed by atoms with Crippen molar-refractivity contribution in [1.29, 1.82) is 0 Å². The second-order valence-corrected chi connectivity index (χ2v) is 9.57. The summed E-state index contributed by atoms with van der Waals surface area (Å²) in [4.78, 5) is 0. The van der Waals surface area contributed by atoms with E-state index in [1.807, 2.05) is 12.1 Å². The number of aromatic hydroxyl groups is 1. The Morgan fingerprint density at radius 1 is 1.15 bits per heavy atom. The number of fused-ring (bicyclic) bond motifs is 5. The molecule has 148 valence electrons. The molecule has 3 aliphatic rings. The van der Waals surface area contributed by atoms with Crippen LogP contribution < -0.4 is 0 Å². The standard InChI is InChI=1S/C25H36O2/c1-3-4-5-6-7-8-17-15-22-20(19-10-9-18(26)16-21(17)19)13-14-25(2)23(22)11-12-24(25)27/h8-10,16,20,22-24,26-27H,3-7,11-15H2,1-2H3/b17-8+/t20-,22-,23+,24+,25+/m1/s1. The van der Waals surface area contributed by atoms with Gasteiger partial charge in [0, 0.05) is 0 Å². The van der Waals surface area contributed by atoms with Gasteiger partial charge in [-0.25, -0.2) is 0 Å². The van der Waals surface area contributed by atoms with Crippen molar-refractivity contribution in [3.8, 4) is 5.75 Å². The average molecular weight is 369 g/mol. The Hall–Kier alpha value is -1.28. The fourth-order valence-corrected chi connectivity index (χ4v) is 6.48. The minimum absolute atomic E-state index is 0.113. The number of aliphatic hydroxyl groups excluding tert-OH is 1. The maximum Gasteiger partial charge on any atom is 0.116 e. The second kappa shape index (κ2) is 7.62. The number of rotatable bonds is 5. The molecule has 0 heterocycles. The average Bonchev–Trinajstić information content (AvgIpc) is 2.96. The van der Waals surface area contributed by atoms with Crippen LogP contribution in [0.25, 0.3) is 5.57 Å². The van der Waals surface area contributed by atoms with Crippen molar-refractivity contribution in [2.24, 2.45) is 17.3 Å². The van der Waals surface area contributed by atoms with Gasteiger partial charge in [0.15, 0.2) is 0 Å². The Morgan fingerprint density at radius 3 is 2.81 bits per heavy atom. The predicted octanol–water partition coefficient (Wildman–Crippen LogP) is 6.42. The normalized spacial score (nSPS) is 36.3. The molecule has 5 atom stereocenters. The van der Waals surface area contributed by atoms with Gasteiger partial charge in [0.25, 0.3) is 0 Å². The number of phenols is 1. The van der Waals surface area contributed by atoms with Gasteiger partial charge in [-0.3, -0.25) is 0 Å². The molecule has 2 fully saturated rings. The zero-order chi connectivity index (χ0) is 19.0. The van der Waals surface area contributed by atoms with Crippen LogP contribution in [0.15, 0.2) is 24.3 Å². The molecule has 2 saturated carbocycles. The lowest BCUT2D eigenvalue weighted by Crippen LogP contribution is -2.43. The molecule has 3 aliphatic carbocycles. The van der Waals surface area contributed by atoms with Crippen LogP contribution in [0.4, 0.5) is 0 Å².